The van der Waals surface area contributed by atoms with Crippen LogP contribution in [0.2, 0.25) is 0 Å². The molecule has 2 heterocycles. The maximum Gasteiger partial charge on any atom is 0.334 e. The largest absolute Gasteiger partial charge is 0.472 e. The Morgan fingerprint density at radius 2 is 2.15 bits per heavy atom. The van der Waals surface area contributed by atoms with E-state index in [1.165, 1.54) is 19.6 Å². The van der Waals surface area contributed by atoms with E-state index in [9.17, 15) is 14.4 Å². The highest BCUT2D eigenvalue weighted by molar-refractivity contribution is 5.97. The molecule has 1 spiro atoms. The summed E-state index contributed by atoms with van der Waals surface area (Å²) in [6.07, 6.45) is 7.95. The fourth-order valence-electron chi connectivity index (χ4n) is 5.76. The van der Waals surface area contributed by atoms with Gasteiger partial charge in [0.1, 0.15) is 12.9 Å². The predicted molar refractivity (Wildman–Crippen MR) is 94.7 cm³/mol. The third-order valence-corrected chi connectivity index (χ3v) is 7.03. The summed E-state index contributed by atoms with van der Waals surface area (Å²) < 4.78 is 15.6. The van der Waals surface area contributed by atoms with Gasteiger partial charge in [-0.15, -0.1) is 0 Å². The van der Waals surface area contributed by atoms with Gasteiger partial charge in [-0.2, -0.15) is 0 Å². The Balaban J connectivity index is 1.75. The number of hydrogen-bond donors (Lipinski definition) is 0. The lowest BCUT2D eigenvalue weighted by Gasteiger charge is -2.55. The SMILES string of the molecule is COC(=O)C1CCC23COC(=O)C2=CCCC3C1(C)CC(=O)c1ccoc1. The normalized spacial score (nSPS) is 34.9. The molecule has 6 nitrogen and oxygen atoms in total. The van der Waals surface area contributed by atoms with Crippen LogP contribution < -0.4 is 0 Å². The fraction of sp³-hybridized carbons (Fsp3) is 0.571. The van der Waals surface area contributed by atoms with Gasteiger partial charge in [0.15, 0.2) is 5.78 Å². The van der Waals surface area contributed by atoms with Crippen LogP contribution in [0.3, 0.4) is 0 Å². The second-order valence-electron chi connectivity index (χ2n) is 8.21. The van der Waals surface area contributed by atoms with Crippen molar-refractivity contribution in [2.45, 2.75) is 39.0 Å². The molecule has 0 radical (unpaired) electrons. The monoisotopic (exact) mass is 372 g/mol. The van der Waals surface area contributed by atoms with Crippen LogP contribution in [0.1, 0.15) is 49.4 Å². The third-order valence-electron chi connectivity index (χ3n) is 7.03. The molecular formula is C21H24O6. The van der Waals surface area contributed by atoms with E-state index in [0.717, 1.165) is 18.4 Å². The maximum absolute atomic E-state index is 12.9. The standard InChI is InChI=1S/C21H24O6/c1-20(10-16(22)13-7-9-26-11-13)14(18(23)25-2)6-8-21-12-27-19(24)15(21)4-3-5-17(20)21/h4,7,9,11,14,17H,3,5-6,8,10,12H2,1-2H3. The summed E-state index contributed by atoms with van der Waals surface area (Å²) in [7, 11) is 1.39. The van der Waals surface area contributed by atoms with Crippen molar-refractivity contribution < 1.29 is 28.3 Å². The van der Waals surface area contributed by atoms with Gasteiger partial charge in [0.25, 0.3) is 0 Å². The van der Waals surface area contributed by atoms with E-state index >= 15 is 0 Å². The van der Waals surface area contributed by atoms with Gasteiger partial charge >= 0.3 is 11.9 Å². The van der Waals surface area contributed by atoms with Gasteiger partial charge in [-0.1, -0.05) is 13.0 Å². The van der Waals surface area contributed by atoms with E-state index in [1.807, 2.05) is 13.0 Å². The maximum atomic E-state index is 12.9. The van der Waals surface area contributed by atoms with Gasteiger partial charge in [0.05, 0.1) is 24.9 Å². The summed E-state index contributed by atoms with van der Waals surface area (Å²) >= 11 is 0. The lowest BCUT2D eigenvalue weighted by Crippen LogP contribution is -2.55. The molecule has 0 aromatic carbocycles. The number of methoxy groups -OCH3 is 1. The quantitative estimate of drug-likeness (QED) is 0.596. The van der Waals surface area contributed by atoms with E-state index in [2.05, 4.69) is 0 Å². The molecule has 6 heteroatoms. The van der Waals surface area contributed by atoms with Crippen LogP contribution >= 0.6 is 0 Å². The smallest absolute Gasteiger partial charge is 0.334 e. The van der Waals surface area contributed by atoms with E-state index in [-0.39, 0.29) is 36.0 Å². The van der Waals surface area contributed by atoms with E-state index in [4.69, 9.17) is 13.9 Å². The first-order valence-electron chi connectivity index (χ1n) is 9.43. The number of rotatable bonds is 4. The average molecular weight is 372 g/mol. The Bertz CT molecular complexity index is 807. The Labute approximate surface area is 157 Å². The number of carbonyl (C=O) groups is 3. The minimum absolute atomic E-state index is 0.00477. The molecule has 2 aliphatic carbocycles. The number of esters is 2. The Hall–Kier alpha value is -2.37. The highest BCUT2D eigenvalue weighted by atomic mass is 16.5. The first-order valence-corrected chi connectivity index (χ1v) is 9.43. The fourth-order valence-corrected chi connectivity index (χ4v) is 5.76. The van der Waals surface area contributed by atoms with Gasteiger partial charge < -0.3 is 13.9 Å². The molecular weight excluding hydrogens is 348 g/mol. The number of ether oxygens (including phenoxy) is 2. The van der Waals surface area contributed by atoms with Crippen molar-refractivity contribution >= 4 is 17.7 Å². The molecule has 1 saturated heterocycles. The lowest BCUT2D eigenvalue weighted by atomic mass is 9.46. The molecule has 27 heavy (non-hydrogen) atoms. The van der Waals surface area contributed by atoms with Crippen molar-refractivity contribution in [3.05, 3.63) is 35.8 Å². The number of carbonyl (C=O) groups excluding carboxylic acids is 3. The van der Waals surface area contributed by atoms with Crippen LogP contribution in [-0.2, 0) is 19.1 Å². The molecule has 1 aromatic rings. The number of ketones is 1. The number of allylic oxidation sites excluding steroid dienone is 1. The van der Waals surface area contributed by atoms with Crippen LogP contribution in [0.25, 0.3) is 0 Å². The van der Waals surface area contributed by atoms with Crippen LogP contribution in [0.4, 0.5) is 0 Å². The minimum Gasteiger partial charge on any atom is -0.472 e. The third kappa shape index (κ3) is 2.57. The van der Waals surface area contributed by atoms with Gasteiger partial charge in [-0.25, -0.2) is 4.79 Å². The van der Waals surface area contributed by atoms with Gasteiger partial charge in [0, 0.05) is 17.4 Å². The van der Waals surface area contributed by atoms with Gasteiger partial charge in [0.2, 0.25) is 0 Å². The number of furan rings is 1. The molecule has 144 valence electrons. The first-order chi connectivity index (χ1) is 12.9. The van der Waals surface area contributed by atoms with E-state index in [0.29, 0.717) is 25.0 Å². The van der Waals surface area contributed by atoms with Gasteiger partial charge in [-0.3, -0.25) is 9.59 Å². The summed E-state index contributed by atoms with van der Waals surface area (Å²) in [5, 5.41) is 0. The van der Waals surface area contributed by atoms with Crippen LogP contribution in [-0.4, -0.2) is 31.4 Å². The zero-order chi connectivity index (χ0) is 19.2. The second kappa shape index (κ2) is 6.36. The number of Topliss-reactive ketones (excluding diaryl/α,β-unsaturated/α-hetero) is 1. The Kier molecular flexibility index (Phi) is 4.24. The topological polar surface area (TPSA) is 82.8 Å². The summed E-state index contributed by atoms with van der Waals surface area (Å²) in [6, 6.07) is 1.64. The zero-order valence-electron chi connectivity index (χ0n) is 15.7. The molecule has 1 aliphatic heterocycles. The highest BCUT2D eigenvalue weighted by Crippen LogP contribution is 2.64. The average Bonchev–Trinajstić information content (AvgIpc) is 3.30. The van der Waals surface area contributed by atoms with E-state index in [1.54, 1.807) is 6.07 Å². The molecule has 0 N–H and O–H groups in total. The number of cyclic esters (lactones) is 1. The summed E-state index contributed by atoms with van der Waals surface area (Å²) in [5.74, 6) is -0.971. The molecule has 3 aliphatic rings. The van der Waals surface area contributed by atoms with Crippen molar-refractivity contribution in [2.24, 2.45) is 22.7 Å². The van der Waals surface area contributed by atoms with Crippen LogP contribution in [0.5, 0.6) is 0 Å². The van der Waals surface area contributed by atoms with Crippen LogP contribution in [0, 0.1) is 22.7 Å². The lowest BCUT2D eigenvalue weighted by molar-refractivity contribution is -0.160. The van der Waals surface area contributed by atoms with Crippen molar-refractivity contribution in [1.29, 1.82) is 0 Å². The van der Waals surface area contributed by atoms with Crippen molar-refractivity contribution in [3.63, 3.8) is 0 Å². The van der Waals surface area contributed by atoms with Gasteiger partial charge in [-0.05, 0) is 43.1 Å². The minimum atomic E-state index is -0.618. The van der Waals surface area contributed by atoms with Crippen LogP contribution in [0.15, 0.2) is 34.7 Å². The zero-order valence-corrected chi connectivity index (χ0v) is 15.7. The molecule has 0 bridgehead atoms. The summed E-state index contributed by atoms with van der Waals surface area (Å²) in [6.45, 7) is 2.34. The molecule has 4 unspecified atom stereocenters. The molecule has 1 aromatic heterocycles. The summed E-state index contributed by atoms with van der Waals surface area (Å²) in [5.41, 5.74) is 0.229. The molecule has 2 fully saturated rings. The highest BCUT2D eigenvalue weighted by Gasteiger charge is 2.63. The second-order valence-corrected chi connectivity index (χ2v) is 8.21. The molecule has 1 saturated carbocycles. The molecule has 4 atom stereocenters. The van der Waals surface area contributed by atoms with E-state index < -0.39 is 10.8 Å². The van der Waals surface area contributed by atoms with Crippen molar-refractivity contribution in [1.82, 2.24) is 0 Å². The predicted octanol–water partition coefficient (Wildman–Crippen LogP) is 3.32. The number of hydrogen-bond acceptors (Lipinski definition) is 6. The summed E-state index contributed by atoms with van der Waals surface area (Å²) in [4.78, 5) is 37.8. The molecule has 0 amide bonds. The van der Waals surface area contributed by atoms with Crippen molar-refractivity contribution in [2.75, 3.05) is 13.7 Å². The Morgan fingerprint density at radius 3 is 2.85 bits per heavy atom. The Morgan fingerprint density at radius 1 is 1.33 bits per heavy atom. The van der Waals surface area contributed by atoms with Crippen molar-refractivity contribution in [3.8, 4) is 0 Å². The molecule has 4 rings (SSSR count). The first kappa shape index (κ1) is 18.0.